The zero-order valence-corrected chi connectivity index (χ0v) is 13.3. The lowest BCUT2D eigenvalue weighted by Crippen LogP contribution is -2.07. The SMILES string of the molecule is [B]c1cc(Cl)ccc1SNc1ccccc1CCCCO. The lowest BCUT2D eigenvalue weighted by atomic mass is 9.97. The van der Waals surface area contributed by atoms with E-state index in [-0.39, 0.29) is 6.61 Å². The first-order chi connectivity index (χ1) is 10.2. The highest BCUT2D eigenvalue weighted by atomic mass is 35.5. The van der Waals surface area contributed by atoms with Gasteiger partial charge in [0.1, 0.15) is 7.85 Å². The van der Waals surface area contributed by atoms with Crippen molar-refractivity contribution < 1.29 is 5.11 Å². The summed E-state index contributed by atoms with van der Waals surface area (Å²) >= 11 is 7.38. The third-order valence-corrected chi connectivity index (χ3v) is 4.26. The zero-order chi connectivity index (χ0) is 15.1. The summed E-state index contributed by atoms with van der Waals surface area (Å²) in [4.78, 5) is 0.949. The molecule has 2 nitrogen and oxygen atoms in total. The average molecular weight is 318 g/mol. The van der Waals surface area contributed by atoms with Crippen molar-refractivity contribution in [3.8, 4) is 0 Å². The van der Waals surface area contributed by atoms with Gasteiger partial charge in [0.25, 0.3) is 0 Å². The van der Waals surface area contributed by atoms with Crippen LogP contribution >= 0.6 is 23.5 Å². The van der Waals surface area contributed by atoms with E-state index in [2.05, 4.69) is 10.8 Å². The van der Waals surface area contributed by atoms with Gasteiger partial charge in [0.05, 0.1) is 0 Å². The summed E-state index contributed by atoms with van der Waals surface area (Å²) in [5.41, 5.74) is 2.98. The fraction of sp³-hybridized carbons (Fsp3) is 0.250. The number of anilines is 1. The van der Waals surface area contributed by atoms with Crippen LogP contribution in [0.2, 0.25) is 5.02 Å². The number of rotatable bonds is 7. The molecule has 108 valence electrons. The van der Waals surface area contributed by atoms with E-state index >= 15 is 0 Å². The lowest BCUT2D eigenvalue weighted by molar-refractivity contribution is 0.284. The minimum absolute atomic E-state index is 0.242. The van der Waals surface area contributed by atoms with Gasteiger partial charge >= 0.3 is 0 Å². The van der Waals surface area contributed by atoms with E-state index in [4.69, 9.17) is 24.6 Å². The standard InChI is InChI=1S/C16H17BClNOS/c17-14-11-13(18)8-9-16(14)21-19-15-7-2-1-5-12(15)6-3-4-10-20/h1-2,5,7-9,11,19-20H,3-4,6,10H2. The second-order valence-electron chi connectivity index (χ2n) is 4.72. The first kappa shape index (κ1) is 16.3. The van der Waals surface area contributed by atoms with Crippen LogP contribution in [-0.2, 0) is 6.42 Å². The summed E-state index contributed by atoms with van der Waals surface area (Å²) in [5.74, 6) is 0. The Kier molecular flexibility index (Phi) is 6.49. The van der Waals surface area contributed by atoms with E-state index in [0.717, 1.165) is 29.8 Å². The highest BCUT2D eigenvalue weighted by molar-refractivity contribution is 8.00. The van der Waals surface area contributed by atoms with Crippen LogP contribution in [0.4, 0.5) is 5.69 Å². The summed E-state index contributed by atoms with van der Waals surface area (Å²) in [6, 6.07) is 13.7. The van der Waals surface area contributed by atoms with Crippen molar-refractivity contribution in [2.24, 2.45) is 0 Å². The molecule has 0 aliphatic heterocycles. The fourth-order valence-corrected chi connectivity index (χ4v) is 2.90. The van der Waals surface area contributed by atoms with Crippen LogP contribution in [0.1, 0.15) is 18.4 Å². The summed E-state index contributed by atoms with van der Waals surface area (Å²) in [6.45, 7) is 0.242. The Morgan fingerprint density at radius 3 is 2.71 bits per heavy atom. The van der Waals surface area contributed by atoms with Gasteiger partial charge in [0, 0.05) is 22.2 Å². The molecule has 0 atom stereocenters. The van der Waals surface area contributed by atoms with Crippen LogP contribution < -0.4 is 10.2 Å². The average Bonchev–Trinajstić information content (AvgIpc) is 2.48. The molecular weight excluding hydrogens is 301 g/mol. The van der Waals surface area contributed by atoms with Crippen molar-refractivity contribution in [2.45, 2.75) is 24.2 Å². The number of nitrogens with one attached hydrogen (secondary N) is 1. The quantitative estimate of drug-likeness (QED) is 0.465. The van der Waals surface area contributed by atoms with Gasteiger partial charge in [-0.1, -0.05) is 35.3 Å². The molecule has 2 N–H and O–H groups in total. The van der Waals surface area contributed by atoms with Crippen molar-refractivity contribution in [1.29, 1.82) is 0 Å². The van der Waals surface area contributed by atoms with Gasteiger partial charge in [-0.05, 0) is 61.0 Å². The van der Waals surface area contributed by atoms with E-state index in [1.165, 1.54) is 17.5 Å². The highest BCUT2D eigenvalue weighted by Crippen LogP contribution is 2.24. The number of unbranched alkanes of at least 4 members (excludes halogenated alkanes) is 1. The molecule has 0 aromatic heterocycles. The number of hydrogen-bond donors (Lipinski definition) is 2. The van der Waals surface area contributed by atoms with Crippen LogP contribution in [0.25, 0.3) is 0 Å². The number of halogens is 1. The largest absolute Gasteiger partial charge is 0.396 e. The normalized spacial score (nSPS) is 10.6. The molecule has 2 aromatic rings. The van der Waals surface area contributed by atoms with Crippen LogP contribution in [0.3, 0.4) is 0 Å². The van der Waals surface area contributed by atoms with Gasteiger partial charge in [-0.2, -0.15) is 0 Å². The van der Waals surface area contributed by atoms with E-state index in [9.17, 15) is 0 Å². The van der Waals surface area contributed by atoms with Gasteiger partial charge in [-0.3, -0.25) is 0 Å². The molecule has 0 unspecified atom stereocenters. The molecule has 0 spiro atoms. The lowest BCUT2D eigenvalue weighted by Gasteiger charge is -2.12. The van der Waals surface area contributed by atoms with E-state index in [1.807, 2.05) is 30.3 Å². The Balaban J connectivity index is 2.02. The maximum absolute atomic E-state index is 8.87. The number of hydrogen-bond acceptors (Lipinski definition) is 3. The second kappa shape index (κ2) is 8.37. The molecule has 5 heteroatoms. The molecule has 0 aliphatic carbocycles. The van der Waals surface area contributed by atoms with Gasteiger partial charge in [-0.15, -0.1) is 0 Å². The first-order valence-corrected chi connectivity index (χ1v) is 8.07. The molecule has 0 amide bonds. The van der Waals surface area contributed by atoms with Crippen molar-refractivity contribution in [1.82, 2.24) is 0 Å². The van der Waals surface area contributed by atoms with Crippen LogP contribution in [0.15, 0.2) is 47.4 Å². The van der Waals surface area contributed by atoms with Crippen LogP contribution in [0.5, 0.6) is 0 Å². The summed E-state index contributed by atoms with van der Waals surface area (Å²) in [6.07, 6.45) is 2.74. The van der Waals surface area contributed by atoms with Gasteiger partial charge < -0.3 is 9.83 Å². The molecule has 0 saturated heterocycles. The maximum Gasteiger partial charge on any atom is 0.115 e. The van der Waals surface area contributed by atoms with E-state index in [1.54, 1.807) is 6.07 Å². The smallest absolute Gasteiger partial charge is 0.115 e. The number of aryl methyl sites for hydroxylation is 1. The molecule has 2 radical (unpaired) electrons. The summed E-state index contributed by atoms with van der Waals surface area (Å²) in [5, 5.41) is 9.51. The number of aliphatic hydroxyl groups excluding tert-OH is 1. The molecular formula is C16H17BClNOS. The van der Waals surface area contributed by atoms with Crippen LogP contribution in [0, 0.1) is 0 Å². The Morgan fingerprint density at radius 1 is 1.14 bits per heavy atom. The zero-order valence-electron chi connectivity index (χ0n) is 11.7. The second-order valence-corrected chi connectivity index (χ2v) is 6.01. The fourth-order valence-electron chi connectivity index (χ4n) is 1.99. The molecule has 2 rings (SSSR count). The third kappa shape index (κ3) is 4.99. The minimum Gasteiger partial charge on any atom is -0.396 e. The Hall–Kier alpha value is -1.10. The van der Waals surface area contributed by atoms with Crippen molar-refractivity contribution >= 4 is 42.5 Å². The predicted molar refractivity (Wildman–Crippen MR) is 92.8 cm³/mol. The minimum atomic E-state index is 0.242. The number of benzene rings is 2. The Morgan fingerprint density at radius 2 is 1.95 bits per heavy atom. The summed E-state index contributed by atoms with van der Waals surface area (Å²) in [7, 11) is 5.95. The van der Waals surface area contributed by atoms with E-state index in [0.29, 0.717) is 10.5 Å². The molecule has 0 heterocycles. The van der Waals surface area contributed by atoms with Crippen molar-refractivity contribution in [3.63, 3.8) is 0 Å². The topological polar surface area (TPSA) is 32.3 Å². The summed E-state index contributed by atoms with van der Waals surface area (Å²) < 4.78 is 3.35. The maximum atomic E-state index is 8.87. The Bertz CT molecular complexity index is 594. The van der Waals surface area contributed by atoms with Crippen molar-refractivity contribution in [2.75, 3.05) is 11.3 Å². The van der Waals surface area contributed by atoms with Crippen LogP contribution in [-0.4, -0.2) is 19.6 Å². The molecule has 0 bridgehead atoms. The van der Waals surface area contributed by atoms with Crippen molar-refractivity contribution in [3.05, 3.63) is 53.1 Å². The van der Waals surface area contributed by atoms with E-state index < -0.39 is 0 Å². The third-order valence-electron chi connectivity index (χ3n) is 3.11. The van der Waals surface area contributed by atoms with Gasteiger partial charge in [0.2, 0.25) is 0 Å². The van der Waals surface area contributed by atoms with Gasteiger partial charge in [0.15, 0.2) is 0 Å². The molecule has 0 aliphatic rings. The monoisotopic (exact) mass is 317 g/mol. The molecule has 0 fully saturated rings. The molecule has 2 aromatic carbocycles. The molecule has 0 saturated carbocycles. The highest BCUT2D eigenvalue weighted by Gasteiger charge is 2.04. The predicted octanol–water partition coefficient (Wildman–Crippen LogP) is 3.57. The number of para-hydroxylation sites is 1. The Labute approximate surface area is 136 Å². The molecule has 21 heavy (non-hydrogen) atoms. The first-order valence-electron chi connectivity index (χ1n) is 6.87. The number of aliphatic hydroxyl groups is 1. The van der Waals surface area contributed by atoms with Gasteiger partial charge in [-0.25, -0.2) is 0 Å².